The predicted octanol–water partition coefficient (Wildman–Crippen LogP) is 1.06. The molecule has 0 bridgehead atoms. The maximum Gasteiger partial charge on any atom is 0.320 e. The van der Waals surface area contributed by atoms with Gasteiger partial charge in [-0.1, -0.05) is 0 Å². The number of carbonyl (C=O) groups is 1. The number of morpholine rings is 1. The van der Waals surface area contributed by atoms with E-state index in [4.69, 9.17) is 14.6 Å². The fourth-order valence-corrected chi connectivity index (χ4v) is 4.71. The molecule has 1 aromatic rings. The summed E-state index contributed by atoms with van der Waals surface area (Å²) in [6, 6.07) is 5.91. The molecule has 1 aromatic carbocycles. The van der Waals surface area contributed by atoms with Crippen LogP contribution in [0.15, 0.2) is 29.2 Å². The maximum absolute atomic E-state index is 12.6. The van der Waals surface area contributed by atoms with Gasteiger partial charge in [0.15, 0.2) is 0 Å². The number of carboxylic acid groups (broad SMARTS) is 1. The Bertz CT molecular complexity index is 721. The summed E-state index contributed by atoms with van der Waals surface area (Å²) in [5.41, 5.74) is 0. The fraction of sp³-hybridized carbons (Fsp3) is 0.588. The van der Waals surface area contributed by atoms with E-state index in [1.807, 2.05) is 4.90 Å². The molecule has 2 aliphatic heterocycles. The van der Waals surface area contributed by atoms with Crippen LogP contribution in [0.4, 0.5) is 0 Å². The molecule has 2 heterocycles. The number of rotatable bonds is 7. The number of nitrogens with zero attached hydrogens (tertiary/aromatic N) is 2. The molecule has 10 heteroatoms. The summed E-state index contributed by atoms with van der Waals surface area (Å²) in [7, 11) is -3.50. The molecule has 152 valence electrons. The second-order valence-corrected chi connectivity index (χ2v) is 8.31. The van der Waals surface area contributed by atoms with Gasteiger partial charge in [-0.15, -0.1) is 12.4 Å². The molecule has 27 heavy (non-hydrogen) atoms. The van der Waals surface area contributed by atoms with Crippen molar-refractivity contribution in [3.05, 3.63) is 24.3 Å². The van der Waals surface area contributed by atoms with Crippen LogP contribution in [-0.4, -0.2) is 80.7 Å². The van der Waals surface area contributed by atoms with E-state index in [1.165, 1.54) is 16.4 Å². The lowest BCUT2D eigenvalue weighted by Crippen LogP contribution is -2.40. The molecule has 0 unspecified atom stereocenters. The first-order valence-corrected chi connectivity index (χ1v) is 10.2. The molecule has 0 saturated carbocycles. The minimum Gasteiger partial charge on any atom is -0.492 e. The van der Waals surface area contributed by atoms with Crippen molar-refractivity contribution in [1.29, 1.82) is 0 Å². The van der Waals surface area contributed by atoms with Crippen LogP contribution >= 0.6 is 12.4 Å². The van der Waals surface area contributed by atoms with Crippen LogP contribution in [0.2, 0.25) is 0 Å². The van der Waals surface area contributed by atoms with Gasteiger partial charge in [0.2, 0.25) is 10.0 Å². The van der Waals surface area contributed by atoms with Crippen molar-refractivity contribution in [1.82, 2.24) is 9.21 Å². The van der Waals surface area contributed by atoms with E-state index in [2.05, 4.69) is 0 Å². The third-order valence-electron chi connectivity index (χ3n) is 4.73. The lowest BCUT2D eigenvalue weighted by molar-refractivity contribution is -0.142. The van der Waals surface area contributed by atoms with Crippen LogP contribution < -0.4 is 4.74 Å². The molecule has 0 spiro atoms. The Kier molecular flexibility index (Phi) is 7.87. The molecule has 0 amide bonds. The number of benzene rings is 1. The molecule has 0 aliphatic carbocycles. The van der Waals surface area contributed by atoms with Gasteiger partial charge >= 0.3 is 5.97 Å². The first-order chi connectivity index (χ1) is 12.5. The lowest BCUT2D eigenvalue weighted by atomic mass is 10.2. The van der Waals surface area contributed by atoms with E-state index >= 15 is 0 Å². The normalized spacial score (nSPS) is 21.6. The molecule has 0 aromatic heterocycles. The Morgan fingerprint density at radius 2 is 1.85 bits per heavy atom. The molecule has 3 rings (SSSR count). The zero-order valence-electron chi connectivity index (χ0n) is 15.0. The second-order valence-electron chi connectivity index (χ2n) is 6.37. The van der Waals surface area contributed by atoms with Crippen molar-refractivity contribution < 1.29 is 27.8 Å². The van der Waals surface area contributed by atoms with Gasteiger partial charge < -0.3 is 14.6 Å². The molecule has 1 N–H and O–H groups in total. The monoisotopic (exact) mass is 420 g/mol. The minimum atomic E-state index is -3.50. The number of carboxylic acids is 1. The van der Waals surface area contributed by atoms with Crippen molar-refractivity contribution in [2.24, 2.45) is 0 Å². The average Bonchev–Trinajstić information content (AvgIpc) is 3.12. The van der Waals surface area contributed by atoms with Gasteiger partial charge in [0.1, 0.15) is 18.4 Å². The number of halogens is 1. The number of aliphatic carboxylic acids is 1. The van der Waals surface area contributed by atoms with Gasteiger partial charge in [0.25, 0.3) is 0 Å². The van der Waals surface area contributed by atoms with Gasteiger partial charge in [0, 0.05) is 19.6 Å². The number of hydrogen-bond donors (Lipinski definition) is 1. The molecule has 2 aliphatic rings. The largest absolute Gasteiger partial charge is 0.492 e. The highest BCUT2D eigenvalue weighted by Crippen LogP contribution is 2.21. The predicted molar refractivity (Wildman–Crippen MR) is 101 cm³/mol. The Labute approximate surface area is 165 Å². The number of sulfonamides is 1. The van der Waals surface area contributed by atoms with Crippen molar-refractivity contribution in [3.8, 4) is 5.75 Å². The van der Waals surface area contributed by atoms with E-state index < -0.39 is 22.0 Å². The Morgan fingerprint density at radius 1 is 1.19 bits per heavy atom. The standard InChI is InChI=1S/C17H24N2O6S.ClH/c20-17(21)16-2-1-7-18(16)8-13-25-14-3-5-15(6-4-14)26(22,23)19-9-11-24-12-10-19;/h3-6,16H,1-2,7-13H2,(H,20,21);1H/t16-;/m0./s1. The maximum atomic E-state index is 12.6. The molecular formula is C17H25ClN2O6S. The quantitative estimate of drug-likeness (QED) is 0.704. The first-order valence-electron chi connectivity index (χ1n) is 8.76. The summed E-state index contributed by atoms with van der Waals surface area (Å²) in [6.07, 6.45) is 1.55. The van der Waals surface area contributed by atoms with Gasteiger partial charge in [-0.05, 0) is 43.7 Å². The summed E-state index contributed by atoms with van der Waals surface area (Å²) >= 11 is 0. The number of likely N-dealkylation sites (tertiary alicyclic amines) is 1. The molecule has 2 fully saturated rings. The Balaban J connectivity index is 0.00000261. The third kappa shape index (κ3) is 5.32. The smallest absolute Gasteiger partial charge is 0.320 e. The van der Waals surface area contributed by atoms with Crippen LogP contribution in [0.25, 0.3) is 0 Å². The Hall–Kier alpha value is -1.39. The highest BCUT2D eigenvalue weighted by molar-refractivity contribution is 7.89. The summed E-state index contributed by atoms with van der Waals surface area (Å²) in [5.74, 6) is -0.225. The van der Waals surface area contributed by atoms with Gasteiger partial charge in [-0.2, -0.15) is 4.31 Å². The highest BCUT2D eigenvalue weighted by atomic mass is 35.5. The first kappa shape index (κ1) is 21.9. The molecule has 0 radical (unpaired) electrons. The molecule has 8 nitrogen and oxygen atoms in total. The summed E-state index contributed by atoms with van der Waals surface area (Å²) < 4.78 is 37.4. The summed E-state index contributed by atoms with van der Waals surface area (Å²) in [6.45, 7) is 3.20. The van der Waals surface area contributed by atoms with Crippen LogP contribution in [-0.2, 0) is 19.6 Å². The zero-order valence-corrected chi connectivity index (χ0v) is 16.6. The summed E-state index contributed by atoms with van der Waals surface area (Å²) in [5, 5.41) is 9.16. The minimum absolute atomic E-state index is 0. The van der Waals surface area contributed by atoms with E-state index in [-0.39, 0.29) is 17.3 Å². The third-order valence-corrected chi connectivity index (χ3v) is 6.64. The van der Waals surface area contributed by atoms with Gasteiger partial charge in [0.05, 0.1) is 18.1 Å². The Morgan fingerprint density at radius 3 is 2.48 bits per heavy atom. The van der Waals surface area contributed by atoms with Crippen LogP contribution in [0.3, 0.4) is 0 Å². The molecule has 1 atom stereocenters. The lowest BCUT2D eigenvalue weighted by Gasteiger charge is -2.26. The van der Waals surface area contributed by atoms with Crippen LogP contribution in [0.1, 0.15) is 12.8 Å². The SMILES string of the molecule is Cl.O=C(O)[C@@H]1CCCN1CCOc1ccc(S(=O)(=O)N2CCOCC2)cc1. The van der Waals surface area contributed by atoms with Crippen molar-refractivity contribution in [2.45, 2.75) is 23.8 Å². The van der Waals surface area contributed by atoms with Gasteiger partial charge in [-0.3, -0.25) is 9.69 Å². The second kappa shape index (κ2) is 9.70. The number of ether oxygens (including phenoxy) is 2. The van der Waals surface area contributed by atoms with Crippen molar-refractivity contribution in [2.75, 3.05) is 46.0 Å². The zero-order chi connectivity index (χ0) is 18.6. The van der Waals surface area contributed by atoms with E-state index in [0.29, 0.717) is 51.6 Å². The van der Waals surface area contributed by atoms with Crippen molar-refractivity contribution in [3.63, 3.8) is 0 Å². The van der Waals surface area contributed by atoms with Gasteiger partial charge in [-0.25, -0.2) is 8.42 Å². The van der Waals surface area contributed by atoms with Crippen LogP contribution in [0.5, 0.6) is 5.75 Å². The molecule has 2 saturated heterocycles. The number of hydrogen-bond acceptors (Lipinski definition) is 6. The van der Waals surface area contributed by atoms with E-state index in [1.54, 1.807) is 12.1 Å². The topological polar surface area (TPSA) is 96.4 Å². The van der Waals surface area contributed by atoms with E-state index in [9.17, 15) is 13.2 Å². The average molecular weight is 421 g/mol. The van der Waals surface area contributed by atoms with E-state index in [0.717, 1.165) is 13.0 Å². The van der Waals surface area contributed by atoms with Crippen LogP contribution in [0, 0.1) is 0 Å². The fourth-order valence-electron chi connectivity index (χ4n) is 3.30. The highest BCUT2D eigenvalue weighted by Gasteiger charge is 2.30. The van der Waals surface area contributed by atoms with Crippen molar-refractivity contribution >= 4 is 28.4 Å². The molecular weight excluding hydrogens is 396 g/mol. The summed E-state index contributed by atoms with van der Waals surface area (Å²) in [4.78, 5) is 13.3.